The van der Waals surface area contributed by atoms with Gasteiger partial charge in [0.1, 0.15) is 5.60 Å². The maximum Gasteiger partial charge on any atom is 0.256 e. The molecule has 1 fully saturated rings. The maximum atomic E-state index is 12.7. The first kappa shape index (κ1) is 20.7. The second kappa shape index (κ2) is 9.01. The molecule has 2 aromatic carbocycles. The molecule has 1 saturated heterocycles. The molecule has 0 unspecified atom stereocenters. The monoisotopic (exact) mass is 417 g/mol. The van der Waals surface area contributed by atoms with Gasteiger partial charge in [-0.3, -0.25) is 4.79 Å². The Kier molecular flexibility index (Phi) is 6.67. The summed E-state index contributed by atoms with van der Waals surface area (Å²) in [5, 5.41) is 7.38. The van der Waals surface area contributed by atoms with Gasteiger partial charge in [-0.1, -0.05) is 24.3 Å². The number of ether oxygens (including phenoxy) is 1. The molecule has 4 rings (SSSR count). The predicted octanol–water partition coefficient (Wildman–Crippen LogP) is 4.02. The Morgan fingerprint density at radius 2 is 1.89 bits per heavy atom. The molecule has 0 radical (unpaired) electrons. The molecule has 1 aliphatic heterocycles. The number of rotatable bonds is 5. The molecule has 0 bridgehead atoms. The highest BCUT2D eigenvalue weighted by Gasteiger charge is 2.39. The third-order valence-electron chi connectivity index (χ3n) is 5.12. The lowest BCUT2D eigenvalue weighted by atomic mass is 9.91. The van der Waals surface area contributed by atoms with Crippen molar-refractivity contribution < 1.29 is 9.53 Å². The van der Waals surface area contributed by atoms with E-state index in [0.717, 1.165) is 35.7 Å². The topological polar surface area (TPSA) is 63.2 Å². The molecule has 1 amide bonds. The van der Waals surface area contributed by atoms with Gasteiger partial charge >= 0.3 is 0 Å². The van der Waals surface area contributed by atoms with E-state index in [9.17, 15) is 4.79 Å². The van der Waals surface area contributed by atoms with Crippen LogP contribution in [0.3, 0.4) is 0 Å². The number of carbonyl (C=O) groups is 1. The van der Waals surface area contributed by atoms with E-state index >= 15 is 0 Å². The Morgan fingerprint density at radius 3 is 2.57 bits per heavy atom. The number of amides is 1. The number of piperidine rings is 1. The number of methoxy groups -OCH3 is 1. The summed E-state index contributed by atoms with van der Waals surface area (Å²) >= 11 is 1.72. The number of hydrogen-bond acceptors (Lipinski definition) is 5. The number of nitrogens with zero attached hydrogens (tertiary/aromatic N) is 1. The third kappa shape index (κ3) is 4.36. The average Bonchev–Trinajstić information content (AvgIpc) is 3.12. The first-order valence-corrected chi connectivity index (χ1v) is 10.0. The van der Waals surface area contributed by atoms with Crippen molar-refractivity contribution in [3.05, 3.63) is 59.1 Å². The van der Waals surface area contributed by atoms with E-state index < -0.39 is 5.60 Å². The Hall–Kier alpha value is -1.99. The zero-order chi connectivity index (χ0) is 18.7. The molecular weight excluding hydrogens is 394 g/mol. The molecule has 3 aromatic rings. The summed E-state index contributed by atoms with van der Waals surface area (Å²) in [6.45, 7) is 1.59. The fraction of sp³-hybridized carbons (Fsp3) is 0.333. The molecular formula is C21H24ClN3O2S. The van der Waals surface area contributed by atoms with Gasteiger partial charge in [0.05, 0.1) is 15.2 Å². The van der Waals surface area contributed by atoms with Crippen molar-refractivity contribution in [3.8, 4) is 0 Å². The van der Waals surface area contributed by atoms with Gasteiger partial charge in [0.25, 0.3) is 5.91 Å². The van der Waals surface area contributed by atoms with Crippen LogP contribution in [-0.4, -0.2) is 36.7 Å². The van der Waals surface area contributed by atoms with E-state index in [2.05, 4.69) is 21.7 Å². The van der Waals surface area contributed by atoms with Crippen LogP contribution < -0.4 is 10.6 Å². The summed E-state index contributed by atoms with van der Waals surface area (Å²) in [6, 6.07) is 16.2. The predicted molar refractivity (Wildman–Crippen MR) is 117 cm³/mol. The van der Waals surface area contributed by atoms with Crippen LogP contribution >= 0.6 is 23.7 Å². The van der Waals surface area contributed by atoms with E-state index in [1.165, 1.54) is 10.3 Å². The van der Waals surface area contributed by atoms with Crippen molar-refractivity contribution in [2.24, 2.45) is 0 Å². The van der Waals surface area contributed by atoms with Gasteiger partial charge in [-0.05, 0) is 55.8 Å². The van der Waals surface area contributed by atoms with E-state index in [-0.39, 0.29) is 18.3 Å². The van der Waals surface area contributed by atoms with E-state index in [4.69, 9.17) is 4.74 Å². The lowest BCUT2D eigenvalue weighted by Crippen LogP contribution is -2.51. The summed E-state index contributed by atoms with van der Waals surface area (Å²) in [4.78, 5) is 17.4. The summed E-state index contributed by atoms with van der Waals surface area (Å²) < 4.78 is 6.80. The lowest BCUT2D eigenvalue weighted by Gasteiger charge is -2.34. The molecule has 2 heterocycles. The van der Waals surface area contributed by atoms with E-state index in [1.54, 1.807) is 18.4 Å². The number of thiazole rings is 1. The highest BCUT2D eigenvalue weighted by molar-refractivity contribution is 7.18. The average molecular weight is 418 g/mol. The van der Waals surface area contributed by atoms with Crippen molar-refractivity contribution in [2.75, 3.05) is 25.5 Å². The Labute approximate surface area is 174 Å². The first-order chi connectivity index (χ1) is 13.2. The minimum absolute atomic E-state index is 0. The molecule has 0 spiro atoms. The van der Waals surface area contributed by atoms with Gasteiger partial charge in [-0.15, -0.1) is 23.7 Å². The fourth-order valence-electron chi connectivity index (χ4n) is 3.48. The highest BCUT2D eigenvalue weighted by Crippen LogP contribution is 2.26. The normalized spacial score (nSPS) is 15.8. The zero-order valence-electron chi connectivity index (χ0n) is 15.7. The van der Waals surface area contributed by atoms with E-state index in [0.29, 0.717) is 12.8 Å². The number of fused-ring (bicyclic) bond motifs is 1. The van der Waals surface area contributed by atoms with Crippen molar-refractivity contribution in [3.63, 3.8) is 0 Å². The van der Waals surface area contributed by atoms with E-state index in [1.807, 2.05) is 42.5 Å². The smallest absolute Gasteiger partial charge is 0.256 e. The summed E-state index contributed by atoms with van der Waals surface area (Å²) in [6.07, 6.45) is 2.16. The van der Waals surface area contributed by atoms with Crippen molar-refractivity contribution in [2.45, 2.75) is 24.9 Å². The van der Waals surface area contributed by atoms with Gasteiger partial charge in [0, 0.05) is 19.2 Å². The highest BCUT2D eigenvalue weighted by atomic mass is 35.5. The largest absolute Gasteiger partial charge is 0.368 e. The third-order valence-corrected chi connectivity index (χ3v) is 6.16. The molecule has 28 heavy (non-hydrogen) atoms. The molecule has 0 saturated carbocycles. The Balaban J connectivity index is 0.00000225. The lowest BCUT2D eigenvalue weighted by molar-refractivity contribution is -0.140. The molecule has 7 heteroatoms. The van der Waals surface area contributed by atoms with Crippen molar-refractivity contribution >= 4 is 45.6 Å². The number of anilines is 1. The number of para-hydroxylation sites is 1. The van der Waals surface area contributed by atoms with Gasteiger partial charge in [0.15, 0.2) is 0 Å². The summed E-state index contributed by atoms with van der Waals surface area (Å²) in [5.74, 6) is -0.0644. The quantitative estimate of drug-likeness (QED) is 0.658. The molecule has 1 aliphatic rings. The van der Waals surface area contributed by atoms with Gasteiger partial charge in [-0.2, -0.15) is 0 Å². The van der Waals surface area contributed by atoms with Crippen LogP contribution in [0.2, 0.25) is 0 Å². The minimum Gasteiger partial charge on any atom is -0.368 e. The van der Waals surface area contributed by atoms with Crippen LogP contribution in [0.15, 0.2) is 48.5 Å². The standard InChI is InChI=1S/C21H23N3O2S.ClH/c1-26-21(10-12-22-13-11-21)20(25)23-16-8-6-15(7-9-16)14-19-24-17-4-2-3-5-18(17)27-19;/h2-9,22H,10-14H2,1H3,(H,23,25);1H. The van der Waals surface area contributed by atoms with Gasteiger partial charge < -0.3 is 15.4 Å². The minimum atomic E-state index is -0.731. The van der Waals surface area contributed by atoms with Crippen molar-refractivity contribution in [1.29, 1.82) is 0 Å². The number of hydrogen-bond donors (Lipinski definition) is 2. The molecule has 2 N–H and O–H groups in total. The number of benzene rings is 2. The maximum absolute atomic E-state index is 12.7. The number of halogens is 1. The van der Waals surface area contributed by atoms with Crippen LogP contribution in [-0.2, 0) is 16.0 Å². The zero-order valence-corrected chi connectivity index (χ0v) is 17.4. The van der Waals surface area contributed by atoms with Gasteiger partial charge in [0.2, 0.25) is 0 Å². The molecule has 0 atom stereocenters. The van der Waals surface area contributed by atoms with Crippen LogP contribution in [0.1, 0.15) is 23.4 Å². The first-order valence-electron chi connectivity index (χ1n) is 9.19. The van der Waals surface area contributed by atoms with Crippen molar-refractivity contribution in [1.82, 2.24) is 10.3 Å². The fourth-order valence-corrected chi connectivity index (χ4v) is 4.48. The number of nitrogens with one attached hydrogen (secondary N) is 2. The molecule has 5 nitrogen and oxygen atoms in total. The van der Waals surface area contributed by atoms with Crippen LogP contribution in [0.5, 0.6) is 0 Å². The SMILES string of the molecule is COC1(C(=O)Nc2ccc(Cc3nc4ccccc4s3)cc2)CCNCC1.Cl. The molecule has 1 aromatic heterocycles. The van der Waals surface area contributed by atoms with Crippen LogP contribution in [0.4, 0.5) is 5.69 Å². The number of aromatic nitrogens is 1. The van der Waals surface area contributed by atoms with Crippen LogP contribution in [0, 0.1) is 0 Å². The van der Waals surface area contributed by atoms with Gasteiger partial charge in [-0.25, -0.2) is 4.98 Å². The summed E-state index contributed by atoms with van der Waals surface area (Å²) in [7, 11) is 1.62. The van der Waals surface area contributed by atoms with Crippen LogP contribution in [0.25, 0.3) is 10.2 Å². The number of carbonyl (C=O) groups excluding carboxylic acids is 1. The Morgan fingerprint density at radius 1 is 1.18 bits per heavy atom. The molecule has 0 aliphatic carbocycles. The second-order valence-corrected chi connectivity index (χ2v) is 7.97. The summed E-state index contributed by atoms with van der Waals surface area (Å²) in [5.41, 5.74) is 2.29. The second-order valence-electron chi connectivity index (χ2n) is 6.85. The Bertz CT molecular complexity index is 903. The molecule has 148 valence electrons.